The fourth-order valence-electron chi connectivity index (χ4n) is 2.29. The molecular weight excluding hydrogens is 429 g/mol. The Morgan fingerprint density at radius 2 is 1.60 bits per heavy atom. The normalized spacial score (nSPS) is 10.6. The molecule has 0 aliphatic heterocycles. The van der Waals surface area contributed by atoms with E-state index < -0.39 is 0 Å². The third-order valence-corrected chi connectivity index (χ3v) is 4.48. The molecule has 0 spiro atoms. The van der Waals surface area contributed by atoms with Crippen molar-refractivity contribution in [2.24, 2.45) is 0 Å². The van der Waals surface area contributed by atoms with Crippen LogP contribution in [0.15, 0.2) is 48.5 Å². The smallest absolute Gasteiger partial charge is 0.252 e. The lowest BCUT2D eigenvalue weighted by Gasteiger charge is -2.11. The first-order valence-electron chi connectivity index (χ1n) is 7.97. The summed E-state index contributed by atoms with van der Waals surface area (Å²) < 4.78 is 0.857. The highest BCUT2D eigenvalue weighted by molar-refractivity contribution is 14.1. The average Bonchev–Trinajstić information content (AvgIpc) is 2.59. The third-order valence-electron chi connectivity index (χ3n) is 3.54. The number of rotatable bonds is 7. The molecule has 0 heterocycles. The molecule has 132 valence electrons. The lowest BCUT2D eigenvalue weighted by Crippen LogP contribution is -2.36. The molecule has 2 rings (SSSR count). The number of nitrogens with one attached hydrogen (secondary N) is 2. The van der Waals surface area contributed by atoms with Gasteiger partial charge in [0, 0.05) is 16.7 Å². The van der Waals surface area contributed by atoms with Crippen LogP contribution in [-0.4, -0.2) is 37.4 Å². The fourth-order valence-corrected chi connectivity index (χ4v) is 2.92. The van der Waals surface area contributed by atoms with Crippen LogP contribution in [0.4, 0.5) is 0 Å². The van der Waals surface area contributed by atoms with Crippen molar-refractivity contribution in [1.29, 1.82) is 0 Å². The van der Waals surface area contributed by atoms with E-state index in [9.17, 15) is 9.59 Å². The zero-order valence-corrected chi connectivity index (χ0v) is 16.5. The zero-order chi connectivity index (χ0) is 18.2. The number of hydrogen-bond acceptors (Lipinski definition) is 3. The number of carbonyl (C=O) groups excluding carboxylic acids is 2. The highest BCUT2D eigenvalue weighted by Crippen LogP contribution is 2.10. The monoisotopic (exact) mass is 451 g/mol. The van der Waals surface area contributed by atoms with Crippen molar-refractivity contribution in [3.05, 3.63) is 68.8 Å². The highest BCUT2D eigenvalue weighted by atomic mass is 127. The van der Waals surface area contributed by atoms with Gasteiger partial charge in [-0.1, -0.05) is 36.4 Å². The van der Waals surface area contributed by atoms with Gasteiger partial charge in [-0.25, -0.2) is 0 Å². The van der Waals surface area contributed by atoms with Gasteiger partial charge in [-0.05, 0) is 59.9 Å². The molecule has 0 fully saturated rings. The molecule has 5 nitrogen and oxygen atoms in total. The van der Waals surface area contributed by atoms with Gasteiger partial charge in [0.2, 0.25) is 5.91 Å². The molecule has 2 aromatic carbocycles. The Bertz CT molecular complexity index is 730. The highest BCUT2D eigenvalue weighted by Gasteiger charge is 2.10. The predicted octanol–water partition coefficient (Wildman–Crippen LogP) is 2.40. The molecule has 0 atom stereocenters. The molecule has 0 aliphatic rings. The molecule has 0 saturated heterocycles. The van der Waals surface area contributed by atoms with E-state index >= 15 is 0 Å². The number of amides is 2. The summed E-state index contributed by atoms with van der Waals surface area (Å²) in [5.74, 6) is -0.454. The summed E-state index contributed by atoms with van der Waals surface area (Å²) in [7, 11) is 4.05. The summed E-state index contributed by atoms with van der Waals surface area (Å²) in [5, 5.41) is 5.46. The van der Waals surface area contributed by atoms with Crippen LogP contribution >= 0.6 is 22.6 Å². The van der Waals surface area contributed by atoms with Crippen LogP contribution in [0.5, 0.6) is 0 Å². The standard InChI is InChI=1S/C19H22IN3O2/c1-23(2)13-15-9-7-14(8-10-15)11-21-18(24)12-22-19(25)16-5-3-4-6-17(16)20/h3-10H,11-13H2,1-2H3,(H,21,24)(H,22,25). The van der Waals surface area contributed by atoms with Gasteiger partial charge in [0.1, 0.15) is 0 Å². The second-order valence-electron chi connectivity index (χ2n) is 5.99. The van der Waals surface area contributed by atoms with Gasteiger partial charge in [-0.3, -0.25) is 9.59 Å². The van der Waals surface area contributed by atoms with Crippen LogP contribution in [0.2, 0.25) is 0 Å². The predicted molar refractivity (Wildman–Crippen MR) is 107 cm³/mol. The van der Waals surface area contributed by atoms with Gasteiger partial charge < -0.3 is 15.5 Å². The van der Waals surface area contributed by atoms with E-state index in [2.05, 4.69) is 50.3 Å². The first-order chi connectivity index (χ1) is 12.0. The molecular formula is C19H22IN3O2. The Labute approximate surface area is 161 Å². The first-order valence-corrected chi connectivity index (χ1v) is 9.05. The van der Waals surface area contributed by atoms with Crippen molar-refractivity contribution in [2.75, 3.05) is 20.6 Å². The number of halogens is 1. The Balaban J connectivity index is 1.77. The summed E-state index contributed by atoms with van der Waals surface area (Å²) in [5.41, 5.74) is 2.83. The van der Waals surface area contributed by atoms with Crippen molar-refractivity contribution in [3.63, 3.8) is 0 Å². The molecule has 0 unspecified atom stereocenters. The van der Waals surface area contributed by atoms with E-state index in [1.54, 1.807) is 12.1 Å². The van der Waals surface area contributed by atoms with Crippen molar-refractivity contribution in [3.8, 4) is 0 Å². The Morgan fingerprint density at radius 3 is 2.24 bits per heavy atom. The van der Waals surface area contributed by atoms with Gasteiger partial charge in [0.25, 0.3) is 5.91 Å². The van der Waals surface area contributed by atoms with Crippen molar-refractivity contribution in [2.45, 2.75) is 13.1 Å². The minimum Gasteiger partial charge on any atom is -0.350 e. The van der Waals surface area contributed by atoms with Crippen LogP contribution < -0.4 is 10.6 Å². The van der Waals surface area contributed by atoms with E-state index in [4.69, 9.17) is 0 Å². The summed E-state index contributed by atoms with van der Waals surface area (Å²) in [6.45, 7) is 1.29. The van der Waals surface area contributed by atoms with Gasteiger partial charge in [-0.15, -0.1) is 0 Å². The molecule has 0 aliphatic carbocycles. The number of nitrogens with zero attached hydrogens (tertiary/aromatic N) is 1. The quantitative estimate of drug-likeness (QED) is 0.636. The van der Waals surface area contributed by atoms with E-state index in [-0.39, 0.29) is 18.4 Å². The summed E-state index contributed by atoms with van der Waals surface area (Å²) in [4.78, 5) is 26.1. The lowest BCUT2D eigenvalue weighted by atomic mass is 10.1. The first kappa shape index (κ1) is 19.4. The largest absolute Gasteiger partial charge is 0.350 e. The van der Waals surface area contributed by atoms with Crippen molar-refractivity contribution >= 4 is 34.4 Å². The molecule has 2 N–H and O–H groups in total. The van der Waals surface area contributed by atoms with Crippen molar-refractivity contribution in [1.82, 2.24) is 15.5 Å². The molecule has 0 saturated carbocycles. The fraction of sp³-hybridized carbons (Fsp3) is 0.263. The second-order valence-corrected chi connectivity index (χ2v) is 7.16. The van der Waals surface area contributed by atoms with E-state index in [0.29, 0.717) is 12.1 Å². The Morgan fingerprint density at radius 1 is 0.960 bits per heavy atom. The lowest BCUT2D eigenvalue weighted by molar-refractivity contribution is -0.120. The zero-order valence-electron chi connectivity index (χ0n) is 14.4. The van der Waals surface area contributed by atoms with Gasteiger partial charge in [0.05, 0.1) is 12.1 Å². The molecule has 2 aromatic rings. The number of hydrogen-bond donors (Lipinski definition) is 2. The molecule has 0 radical (unpaired) electrons. The summed E-state index contributed by atoms with van der Waals surface area (Å²) >= 11 is 2.10. The summed E-state index contributed by atoms with van der Waals surface area (Å²) in [6, 6.07) is 15.4. The third kappa shape index (κ3) is 6.47. The summed E-state index contributed by atoms with van der Waals surface area (Å²) in [6.07, 6.45) is 0. The Hall–Kier alpha value is -1.93. The van der Waals surface area contributed by atoms with Crippen LogP contribution in [0.1, 0.15) is 21.5 Å². The maximum atomic E-state index is 12.1. The van der Waals surface area contributed by atoms with Crippen molar-refractivity contribution < 1.29 is 9.59 Å². The second kappa shape index (κ2) is 9.53. The van der Waals surface area contributed by atoms with Gasteiger partial charge >= 0.3 is 0 Å². The molecule has 0 bridgehead atoms. The molecule has 2 amide bonds. The maximum absolute atomic E-state index is 12.1. The Kier molecular flexibility index (Phi) is 7.39. The minimum atomic E-state index is -0.242. The average molecular weight is 451 g/mol. The number of benzene rings is 2. The van der Waals surface area contributed by atoms with E-state index in [1.165, 1.54) is 5.56 Å². The van der Waals surface area contributed by atoms with Gasteiger partial charge in [0.15, 0.2) is 0 Å². The SMILES string of the molecule is CN(C)Cc1ccc(CNC(=O)CNC(=O)c2ccccc2I)cc1. The molecule has 6 heteroatoms. The number of carbonyl (C=O) groups is 2. The maximum Gasteiger partial charge on any atom is 0.252 e. The van der Waals surface area contributed by atoms with Crippen LogP contribution in [0, 0.1) is 3.57 Å². The van der Waals surface area contributed by atoms with E-state index in [0.717, 1.165) is 15.7 Å². The van der Waals surface area contributed by atoms with E-state index in [1.807, 2.05) is 38.4 Å². The van der Waals surface area contributed by atoms with Crippen LogP contribution in [0.25, 0.3) is 0 Å². The van der Waals surface area contributed by atoms with Crippen LogP contribution in [-0.2, 0) is 17.9 Å². The van der Waals surface area contributed by atoms with Gasteiger partial charge in [-0.2, -0.15) is 0 Å². The topological polar surface area (TPSA) is 61.4 Å². The van der Waals surface area contributed by atoms with Crippen LogP contribution in [0.3, 0.4) is 0 Å². The molecule has 25 heavy (non-hydrogen) atoms. The minimum absolute atomic E-state index is 0.0392. The molecule has 0 aromatic heterocycles.